The number of hydrogen-bond acceptors (Lipinski definition) is 7. The number of hydrogen-bond donors (Lipinski definition) is 0. The van der Waals surface area contributed by atoms with Gasteiger partial charge in [0.1, 0.15) is 0 Å². The van der Waals surface area contributed by atoms with Gasteiger partial charge in [-0.1, -0.05) is 55.3 Å². The summed E-state index contributed by atoms with van der Waals surface area (Å²) in [5.41, 5.74) is 2.13. The SMILES string of the molecule is Cc1ccc(S(=O)(=O)[C@H]2C[C@H](C(C)C)N(S(=O)(=O)c3ccc(C)cc3)[C@H]3C2=CCC2C(=O)OC(=O)C23)cc1. The molecule has 0 radical (unpaired) electrons. The maximum atomic E-state index is 14.2. The molecule has 2 saturated heterocycles. The first-order valence-electron chi connectivity index (χ1n) is 12.7. The predicted molar refractivity (Wildman–Crippen MR) is 140 cm³/mol. The highest BCUT2D eigenvalue weighted by Crippen LogP contribution is 2.49. The van der Waals surface area contributed by atoms with E-state index in [1.165, 1.54) is 16.4 Å². The minimum Gasteiger partial charge on any atom is -0.393 e. The number of sulfone groups is 1. The molecule has 2 aromatic carbocycles. The quantitative estimate of drug-likeness (QED) is 0.314. The van der Waals surface area contributed by atoms with Crippen molar-refractivity contribution in [2.45, 2.75) is 67.7 Å². The van der Waals surface area contributed by atoms with Crippen LogP contribution in [0.25, 0.3) is 0 Å². The Labute approximate surface area is 223 Å². The fourth-order valence-electron chi connectivity index (χ4n) is 5.95. The molecule has 3 aliphatic rings. The van der Waals surface area contributed by atoms with E-state index >= 15 is 0 Å². The highest BCUT2D eigenvalue weighted by atomic mass is 32.2. The molecule has 10 heteroatoms. The standard InChI is InChI=1S/C28H31NO7S2/c1-16(2)23-15-24(37(32,33)19-9-5-17(3)6-10-19)21-13-14-22-25(28(31)36-27(22)30)26(21)29(23)38(34,35)20-11-7-18(4)8-12-20/h5-13,16,22-26H,14-15H2,1-4H3/t22?,23-,24+,25?,26+/m1/s1. The van der Waals surface area contributed by atoms with Gasteiger partial charge in [0.25, 0.3) is 0 Å². The summed E-state index contributed by atoms with van der Waals surface area (Å²) in [6.07, 6.45) is 1.80. The lowest BCUT2D eigenvalue weighted by atomic mass is 9.72. The van der Waals surface area contributed by atoms with Crippen LogP contribution in [-0.4, -0.2) is 50.4 Å². The third-order valence-corrected chi connectivity index (χ3v) is 12.1. The van der Waals surface area contributed by atoms with Crippen LogP contribution in [0.5, 0.6) is 0 Å². The number of carbonyl (C=O) groups excluding carboxylic acids is 2. The Morgan fingerprint density at radius 2 is 1.39 bits per heavy atom. The van der Waals surface area contributed by atoms with Crippen molar-refractivity contribution in [2.75, 3.05) is 0 Å². The average Bonchev–Trinajstić information content (AvgIpc) is 3.16. The maximum absolute atomic E-state index is 14.2. The Morgan fingerprint density at radius 1 is 0.842 bits per heavy atom. The lowest BCUT2D eigenvalue weighted by molar-refractivity contribution is -0.154. The monoisotopic (exact) mass is 557 g/mol. The molecular weight excluding hydrogens is 526 g/mol. The molecule has 5 rings (SSSR count). The Bertz CT molecular complexity index is 1520. The molecular formula is C28H31NO7S2. The van der Waals surface area contributed by atoms with Crippen LogP contribution < -0.4 is 0 Å². The van der Waals surface area contributed by atoms with Crippen molar-refractivity contribution in [3.63, 3.8) is 0 Å². The highest BCUT2D eigenvalue weighted by Gasteiger charge is 2.60. The van der Waals surface area contributed by atoms with Gasteiger partial charge in [0.2, 0.25) is 10.0 Å². The zero-order chi connectivity index (χ0) is 27.6. The Morgan fingerprint density at radius 3 is 1.95 bits per heavy atom. The van der Waals surface area contributed by atoms with E-state index in [9.17, 15) is 26.4 Å². The van der Waals surface area contributed by atoms with Gasteiger partial charge in [0.05, 0.1) is 32.9 Å². The summed E-state index contributed by atoms with van der Waals surface area (Å²) < 4.78 is 62.8. The number of esters is 2. The van der Waals surface area contributed by atoms with Crippen LogP contribution in [0.1, 0.15) is 37.8 Å². The van der Waals surface area contributed by atoms with E-state index in [0.717, 1.165) is 11.1 Å². The summed E-state index contributed by atoms with van der Waals surface area (Å²) in [5, 5.41) is -1.04. The van der Waals surface area contributed by atoms with Gasteiger partial charge in [-0.15, -0.1) is 0 Å². The molecule has 8 nitrogen and oxygen atoms in total. The molecule has 0 bridgehead atoms. The van der Waals surface area contributed by atoms with E-state index in [2.05, 4.69) is 0 Å². The number of carbonyl (C=O) groups is 2. The van der Waals surface area contributed by atoms with Crippen molar-refractivity contribution < 1.29 is 31.2 Å². The Balaban J connectivity index is 1.71. The summed E-state index contributed by atoms with van der Waals surface area (Å²) >= 11 is 0. The number of benzene rings is 2. The second-order valence-electron chi connectivity index (χ2n) is 10.8. The molecule has 0 spiro atoms. The number of piperidine rings is 1. The predicted octanol–water partition coefficient (Wildman–Crippen LogP) is 3.58. The maximum Gasteiger partial charge on any atom is 0.319 e. The van der Waals surface area contributed by atoms with Crippen LogP contribution in [0.2, 0.25) is 0 Å². The first-order chi connectivity index (χ1) is 17.8. The lowest BCUT2D eigenvalue weighted by Crippen LogP contribution is -2.62. The average molecular weight is 558 g/mol. The minimum absolute atomic E-state index is 0.0294. The van der Waals surface area contributed by atoms with Crippen LogP contribution >= 0.6 is 0 Å². The third-order valence-electron chi connectivity index (χ3n) is 8.02. The van der Waals surface area contributed by atoms with Crippen molar-refractivity contribution in [3.05, 3.63) is 71.3 Å². The highest BCUT2D eigenvalue weighted by molar-refractivity contribution is 7.92. The van der Waals surface area contributed by atoms with E-state index in [1.54, 1.807) is 42.5 Å². The van der Waals surface area contributed by atoms with Crippen LogP contribution in [0.3, 0.4) is 0 Å². The van der Waals surface area contributed by atoms with Gasteiger partial charge >= 0.3 is 11.9 Å². The summed E-state index contributed by atoms with van der Waals surface area (Å²) in [6.45, 7) is 7.39. The van der Waals surface area contributed by atoms with Crippen LogP contribution in [0.15, 0.2) is 70.0 Å². The fourth-order valence-corrected chi connectivity index (χ4v) is 9.80. The van der Waals surface area contributed by atoms with Crippen molar-refractivity contribution in [1.82, 2.24) is 4.31 Å². The Hall–Kier alpha value is -2.82. The first kappa shape index (κ1) is 26.8. The molecule has 2 aliphatic heterocycles. The number of cyclic esters (lactones) is 2. The molecule has 0 N–H and O–H groups in total. The van der Waals surface area contributed by atoms with E-state index < -0.39 is 61.0 Å². The van der Waals surface area contributed by atoms with Crippen molar-refractivity contribution in [1.29, 1.82) is 0 Å². The number of fused-ring (bicyclic) bond motifs is 3. The van der Waals surface area contributed by atoms with E-state index in [0.29, 0.717) is 5.57 Å². The van der Waals surface area contributed by atoms with Crippen molar-refractivity contribution in [2.24, 2.45) is 17.8 Å². The molecule has 2 fully saturated rings. The molecule has 202 valence electrons. The van der Waals surface area contributed by atoms with E-state index in [1.807, 2.05) is 27.7 Å². The minimum atomic E-state index is -4.18. The normalized spacial score (nSPS) is 28.0. The van der Waals surface area contributed by atoms with Gasteiger partial charge < -0.3 is 4.74 Å². The van der Waals surface area contributed by atoms with Gasteiger partial charge in [-0.05, 0) is 62.4 Å². The van der Waals surface area contributed by atoms with E-state index in [-0.39, 0.29) is 28.6 Å². The zero-order valence-electron chi connectivity index (χ0n) is 21.7. The molecule has 0 amide bonds. The van der Waals surface area contributed by atoms with Gasteiger partial charge in [-0.2, -0.15) is 4.31 Å². The Kier molecular flexibility index (Phi) is 6.64. The second-order valence-corrected chi connectivity index (χ2v) is 14.8. The molecule has 2 heterocycles. The molecule has 2 unspecified atom stereocenters. The van der Waals surface area contributed by atoms with Crippen LogP contribution in [0.4, 0.5) is 0 Å². The topological polar surface area (TPSA) is 115 Å². The number of rotatable bonds is 5. The van der Waals surface area contributed by atoms with Gasteiger partial charge in [0.15, 0.2) is 9.84 Å². The second kappa shape index (κ2) is 9.43. The first-order valence-corrected chi connectivity index (χ1v) is 15.7. The van der Waals surface area contributed by atoms with Crippen molar-refractivity contribution >= 4 is 31.8 Å². The largest absolute Gasteiger partial charge is 0.393 e. The van der Waals surface area contributed by atoms with Crippen molar-refractivity contribution in [3.8, 4) is 0 Å². The number of aryl methyl sites for hydroxylation is 2. The van der Waals surface area contributed by atoms with Gasteiger partial charge in [0, 0.05) is 6.04 Å². The molecule has 0 saturated carbocycles. The van der Waals surface area contributed by atoms with Gasteiger partial charge in [-0.3, -0.25) is 9.59 Å². The molecule has 0 aromatic heterocycles. The fraction of sp³-hybridized carbons (Fsp3) is 0.429. The molecule has 1 aliphatic carbocycles. The lowest BCUT2D eigenvalue weighted by Gasteiger charge is -2.50. The zero-order valence-corrected chi connectivity index (χ0v) is 23.3. The van der Waals surface area contributed by atoms with Gasteiger partial charge in [-0.25, -0.2) is 16.8 Å². The number of ether oxygens (including phenoxy) is 1. The third kappa shape index (κ3) is 4.23. The molecule has 5 atom stereocenters. The van der Waals surface area contributed by atoms with E-state index in [4.69, 9.17) is 4.74 Å². The number of allylic oxidation sites excluding steroid dienone is 1. The number of sulfonamides is 1. The van der Waals surface area contributed by atoms with Crippen LogP contribution in [-0.2, 0) is 34.2 Å². The van der Waals surface area contributed by atoms with Crippen LogP contribution in [0, 0.1) is 31.6 Å². The molecule has 2 aromatic rings. The summed E-state index contributed by atoms with van der Waals surface area (Å²) in [6, 6.07) is 11.1. The summed E-state index contributed by atoms with van der Waals surface area (Å²) in [7, 11) is -8.12. The molecule has 38 heavy (non-hydrogen) atoms. The summed E-state index contributed by atoms with van der Waals surface area (Å²) in [4.78, 5) is 25.8. The smallest absolute Gasteiger partial charge is 0.319 e. The number of nitrogens with zero attached hydrogens (tertiary/aromatic N) is 1. The summed E-state index contributed by atoms with van der Waals surface area (Å²) in [5.74, 6) is -3.76.